The quantitative estimate of drug-likeness (QED) is 0.764. The van der Waals surface area contributed by atoms with E-state index in [4.69, 9.17) is 0 Å². The van der Waals surface area contributed by atoms with Crippen molar-refractivity contribution in [3.05, 3.63) is 24.3 Å². The lowest BCUT2D eigenvalue weighted by molar-refractivity contribution is -0.116. The molecule has 0 bridgehead atoms. The molecule has 8 heteroatoms. The van der Waals surface area contributed by atoms with Crippen molar-refractivity contribution < 1.29 is 13.2 Å². The van der Waals surface area contributed by atoms with Gasteiger partial charge in [0, 0.05) is 25.0 Å². The van der Waals surface area contributed by atoms with Gasteiger partial charge in [-0.2, -0.15) is 17.0 Å². The van der Waals surface area contributed by atoms with Crippen molar-refractivity contribution in [3.8, 4) is 0 Å². The monoisotopic (exact) mass is 385 g/mol. The smallest absolute Gasteiger partial charge is 0.282 e. The highest BCUT2D eigenvalue weighted by atomic mass is 32.2. The summed E-state index contributed by atoms with van der Waals surface area (Å²) in [5.74, 6) is 0.314. The molecule has 1 aliphatic rings. The van der Waals surface area contributed by atoms with Gasteiger partial charge < -0.3 is 5.32 Å². The minimum atomic E-state index is -3.63. The molecule has 1 aromatic rings. The molecule has 6 nitrogen and oxygen atoms in total. The Morgan fingerprint density at radius 2 is 1.88 bits per heavy atom. The predicted molar refractivity (Wildman–Crippen MR) is 103 cm³/mol. The summed E-state index contributed by atoms with van der Waals surface area (Å²) in [7, 11) is -2.17. The lowest BCUT2D eigenvalue weighted by Gasteiger charge is -2.36. The highest BCUT2D eigenvalue weighted by Gasteiger charge is 2.33. The summed E-state index contributed by atoms with van der Waals surface area (Å²) in [6, 6.07) is 7.46. The number of carbonyl (C=O) groups excluding carboxylic acids is 1. The van der Waals surface area contributed by atoms with Gasteiger partial charge in [-0.05, 0) is 36.6 Å². The molecule has 0 aromatic heterocycles. The third kappa shape index (κ3) is 5.20. The molecule has 140 valence electrons. The summed E-state index contributed by atoms with van der Waals surface area (Å²) in [6.07, 6.45) is 2.96. The molecule has 1 aromatic carbocycles. The number of rotatable bonds is 6. The van der Waals surface area contributed by atoms with Crippen LogP contribution >= 0.6 is 11.8 Å². The molecule has 2 rings (SSSR count). The van der Waals surface area contributed by atoms with Crippen LogP contribution < -0.4 is 5.32 Å². The van der Waals surface area contributed by atoms with Crippen molar-refractivity contribution >= 4 is 33.6 Å². The van der Waals surface area contributed by atoms with Crippen LogP contribution in [-0.4, -0.2) is 55.9 Å². The van der Waals surface area contributed by atoms with Gasteiger partial charge in [-0.3, -0.25) is 4.79 Å². The number of benzene rings is 1. The topological polar surface area (TPSA) is 69.7 Å². The Morgan fingerprint density at radius 3 is 2.48 bits per heavy atom. The first-order chi connectivity index (χ1) is 11.7. The van der Waals surface area contributed by atoms with Crippen molar-refractivity contribution in [3.63, 3.8) is 0 Å². The third-order valence-electron chi connectivity index (χ3n) is 4.30. The lowest BCUT2D eigenvalue weighted by atomic mass is 9.94. The second-order valence-electron chi connectivity index (χ2n) is 6.78. The first-order valence-corrected chi connectivity index (χ1v) is 11.0. The first-order valence-electron chi connectivity index (χ1n) is 8.38. The van der Waals surface area contributed by atoms with Crippen LogP contribution in [0.4, 0.5) is 5.69 Å². The molecule has 2 atom stereocenters. The third-order valence-corrected chi connectivity index (χ3v) is 6.97. The van der Waals surface area contributed by atoms with Crippen molar-refractivity contribution in [2.24, 2.45) is 11.8 Å². The molecular formula is C17H27N3O3S2. The van der Waals surface area contributed by atoms with Crippen molar-refractivity contribution in [1.29, 1.82) is 0 Å². The van der Waals surface area contributed by atoms with E-state index in [0.29, 0.717) is 30.6 Å². The van der Waals surface area contributed by atoms with Crippen molar-refractivity contribution in [1.82, 2.24) is 8.61 Å². The second-order valence-corrected chi connectivity index (χ2v) is 9.66. The van der Waals surface area contributed by atoms with Crippen LogP contribution in [0, 0.1) is 11.8 Å². The Kier molecular flexibility index (Phi) is 6.90. The second kappa shape index (κ2) is 8.53. The number of para-hydroxylation sites is 1. The van der Waals surface area contributed by atoms with E-state index in [1.807, 2.05) is 30.5 Å². The molecule has 0 saturated carbocycles. The zero-order chi connectivity index (χ0) is 18.6. The fourth-order valence-corrected chi connectivity index (χ4v) is 5.33. The van der Waals surface area contributed by atoms with Gasteiger partial charge in [0.25, 0.3) is 10.2 Å². The van der Waals surface area contributed by atoms with Crippen molar-refractivity contribution in [2.75, 3.05) is 38.3 Å². The SMILES string of the molecule is CSc1ccccc1NC(=O)CN(C)S(=O)(=O)N1C[C@H](C)C[C@@H](C)C1. The fraction of sp³-hybridized carbons (Fsp3) is 0.588. The van der Waals surface area contributed by atoms with E-state index in [-0.39, 0.29) is 12.5 Å². The van der Waals surface area contributed by atoms with E-state index in [1.165, 1.54) is 23.1 Å². The molecule has 1 amide bonds. The van der Waals surface area contributed by atoms with Gasteiger partial charge in [0.1, 0.15) is 0 Å². The number of anilines is 1. The molecule has 0 unspecified atom stereocenters. The summed E-state index contributed by atoms with van der Waals surface area (Å²) in [6.45, 7) is 4.93. The lowest BCUT2D eigenvalue weighted by Crippen LogP contribution is -2.49. The van der Waals surface area contributed by atoms with E-state index in [9.17, 15) is 13.2 Å². The summed E-state index contributed by atoms with van der Waals surface area (Å²) in [5, 5.41) is 2.80. The van der Waals surface area contributed by atoms with Crippen LogP contribution in [0.25, 0.3) is 0 Å². The number of amides is 1. The summed E-state index contributed by atoms with van der Waals surface area (Å²) in [5.41, 5.74) is 0.700. The number of nitrogens with one attached hydrogen (secondary N) is 1. The van der Waals surface area contributed by atoms with Gasteiger partial charge in [0.2, 0.25) is 5.91 Å². The van der Waals surface area contributed by atoms with E-state index >= 15 is 0 Å². The first kappa shape index (κ1) is 20.2. The Hall–Kier alpha value is -1.09. The summed E-state index contributed by atoms with van der Waals surface area (Å²) >= 11 is 1.53. The van der Waals surface area contributed by atoms with E-state index in [1.54, 1.807) is 0 Å². The van der Waals surface area contributed by atoms with Crippen LogP contribution in [0.3, 0.4) is 0 Å². The Morgan fingerprint density at radius 1 is 1.28 bits per heavy atom. The Balaban J connectivity index is 2.02. The average molecular weight is 386 g/mol. The van der Waals surface area contributed by atoms with Crippen molar-refractivity contribution in [2.45, 2.75) is 25.2 Å². The van der Waals surface area contributed by atoms with E-state index in [2.05, 4.69) is 19.2 Å². The maximum Gasteiger partial charge on any atom is 0.282 e. The molecule has 1 saturated heterocycles. The van der Waals surface area contributed by atoms with Gasteiger partial charge in [0.15, 0.2) is 0 Å². The zero-order valence-electron chi connectivity index (χ0n) is 15.2. The fourth-order valence-electron chi connectivity index (χ4n) is 3.21. The maximum absolute atomic E-state index is 12.8. The Labute approximate surface area is 155 Å². The molecular weight excluding hydrogens is 358 g/mol. The summed E-state index contributed by atoms with van der Waals surface area (Å²) in [4.78, 5) is 13.2. The molecule has 1 fully saturated rings. The average Bonchev–Trinajstić information content (AvgIpc) is 2.54. The number of likely N-dealkylation sites (N-methyl/N-ethyl adjacent to an activating group) is 1. The highest BCUT2D eigenvalue weighted by molar-refractivity contribution is 7.98. The summed E-state index contributed by atoms with van der Waals surface area (Å²) < 4.78 is 28.1. The predicted octanol–water partition coefficient (Wildman–Crippen LogP) is 2.50. The number of piperidine rings is 1. The number of carbonyl (C=O) groups is 1. The minimum Gasteiger partial charge on any atom is -0.324 e. The number of hydrogen-bond acceptors (Lipinski definition) is 4. The Bertz CT molecular complexity index is 699. The molecule has 25 heavy (non-hydrogen) atoms. The standard InChI is InChI=1S/C17H27N3O3S2/c1-13-9-14(2)11-20(10-13)25(22,23)19(3)12-17(21)18-15-7-5-6-8-16(15)24-4/h5-8,13-14H,9-12H2,1-4H3,(H,18,21)/t13-,14-/m1/s1. The molecule has 1 aliphatic heterocycles. The number of hydrogen-bond donors (Lipinski definition) is 1. The largest absolute Gasteiger partial charge is 0.324 e. The van der Waals surface area contributed by atoms with Gasteiger partial charge in [-0.25, -0.2) is 0 Å². The number of nitrogens with zero attached hydrogens (tertiary/aromatic N) is 2. The molecule has 1 N–H and O–H groups in total. The van der Waals surface area contributed by atoms with Crippen LogP contribution in [0.1, 0.15) is 20.3 Å². The molecule has 1 heterocycles. The van der Waals surface area contributed by atoms with Crippen LogP contribution in [0.5, 0.6) is 0 Å². The van der Waals surface area contributed by atoms with E-state index < -0.39 is 10.2 Å². The molecule has 0 radical (unpaired) electrons. The number of thioether (sulfide) groups is 1. The van der Waals surface area contributed by atoms with Gasteiger partial charge in [-0.15, -0.1) is 11.8 Å². The highest BCUT2D eigenvalue weighted by Crippen LogP contribution is 2.26. The zero-order valence-corrected chi connectivity index (χ0v) is 16.9. The van der Waals surface area contributed by atoms with Crippen LogP contribution in [-0.2, 0) is 15.0 Å². The van der Waals surface area contributed by atoms with Crippen LogP contribution in [0.2, 0.25) is 0 Å². The van der Waals surface area contributed by atoms with Gasteiger partial charge in [0.05, 0.1) is 12.2 Å². The van der Waals surface area contributed by atoms with Crippen LogP contribution in [0.15, 0.2) is 29.2 Å². The van der Waals surface area contributed by atoms with Gasteiger partial charge >= 0.3 is 0 Å². The molecule has 0 spiro atoms. The minimum absolute atomic E-state index is 0.204. The van der Waals surface area contributed by atoms with E-state index in [0.717, 1.165) is 15.6 Å². The molecule has 0 aliphatic carbocycles. The van der Waals surface area contributed by atoms with Gasteiger partial charge in [-0.1, -0.05) is 26.0 Å². The maximum atomic E-state index is 12.8. The normalized spacial score (nSPS) is 22.1.